The number of pyridine rings is 1. The maximum absolute atomic E-state index is 6.20. The molecule has 4 nitrogen and oxygen atoms in total. The first-order valence-corrected chi connectivity index (χ1v) is 10.6. The van der Waals surface area contributed by atoms with Crippen LogP contribution in [0.3, 0.4) is 0 Å². The summed E-state index contributed by atoms with van der Waals surface area (Å²) in [6.07, 6.45) is 11.1. The normalized spacial score (nSPS) is 15.9. The highest BCUT2D eigenvalue weighted by molar-refractivity contribution is 5.86. The molecule has 2 heterocycles. The van der Waals surface area contributed by atoms with Gasteiger partial charge in [0.25, 0.3) is 0 Å². The number of unbranched alkanes of at least 4 members (excludes halogenated alkanes) is 4. The van der Waals surface area contributed by atoms with E-state index in [9.17, 15) is 0 Å². The van der Waals surface area contributed by atoms with Gasteiger partial charge in [0.15, 0.2) is 0 Å². The molecule has 1 saturated heterocycles. The Kier molecular flexibility index (Phi) is 7.76. The first-order chi connectivity index (χ1) is 13.3. The Bertz CT molecular complexity index is 696. The van der Waals surface area contributed by atoms with Crippen molar-refractivity contribution in [2.45, 2.75) is 51.9 Å². The smallest absolute Gasteiger partial charge is 0.130 e. The number of likely N-dealkylation sites (tertiary alicyclic amines) is 1. The zero-order valence-electron chi connectivity index (χ0n) is 17.0. The van der Waals surface area contributed by atoms with Crippen LogP contribution in [0.25, 0.3) is 10.9 Å². The molecule has 0 N–H and O–H groups in total. The molecule has 1 aliphatic heterocycles. The first-order valence-electron chi connectivity index (χ1n) is 10.6. The zero-order chi connectivity index (χ0) is 18.9. The average molecular weight is 371 g/mol. The summed E-state index contributed by atoms with van der Waals surface area (Å²) >= 11 is 0. The predicted molar refractivity (Wildman–Crippen MR) is 112 cm³/mol. The van der Waals surface area contributed by atoms with Crippen LogP contribution in [-0.4, -0.2) is 43.2 Å². The van der Waals surface area contributed by atoms with Gasteiger partial charge in [0.2, 0.25) is 0 Å². The molecule has 0 amide bonds. The van der Waals surface area contributed by atoms with Gasteiger partial charge in [0.05, 0.1) is 19.2 Å². The summed E-state index contributed by atoms with van der Waals surface area (Å²) in [5, 5.41) is 1.03. The van der Waals surface area contributed by atoms with Gasteiger partial charge in [-0.25, -0.2) is 0 Å². The molecule has 2 aromatic rings. The van der Waals surface area contributed by atoms with Crippen LogP contribution in [0.4, 0.5) is 0 Å². The van der Waals surface area contributed by atoms with Crippen molar-refractivity contribution < 1.29 is 9.47 Å². The lowest BCUT2D eigenvalue weighted by atomic mass is 9.97. The first kappa shape index (κ1) is 19.9. The molecule has 0 aliphatic carbocycles. The van der Waals surface area contributed by atoms with Crippen LogP contribution in [0, 0.1) is 5.92 Å². The topological polar surface area (TPSA) is 34.6 Å². The second kappa shape index (κ2) is 10.5. The molecule has 4 heteroatoms. The van der Waals surface area contributed by atoms with E-state index in [4.69, 9.17) is 9.47 Å². The quantitative estimate of drug-likeness (QED) is 0.531. The van der Waals surface area contributed by atoms with Crippen LogP contribution in [0.2, 0.25) is 0 Å². The van der Waals surface area contributed by atoms with Crippen molar-refractivity contribution in [3.05, 3.63) is 30.5 Å². The third-order valence-corrected chi connectivity index (χ3v) is 5.67. The van der Waals surface area contributed by atoms with E-state index in [1.165, 1.54) is 64.6 Å². The third kappa shape index (κ3) is 5.83. The molecule has 0 radical (unpaired) electrons. The second-order valence-corrected chi connectivity index (χ2v) is 7.70. The Morgan fingerprint density at radius 2 is 1.89 bits per heavy atom. The highest BCUT2D eigenvalue weighted by Gasteiger charge is 2.19. The van der Waals surface area contributed by atoms with Gasteiger partial charge in [-0.1, -0.05) is 32.6 Å². The zero-order valence-corrected chi connectivity index (χ0v) is 17.0. The fraction of sp³-hybridized carbons (Fsp3) is 0.609. The van der Waals surface area contributed by atoms with Gasteiger partial charge in [-0.05, 0) is 69.1 Å². The number of piperidine rings is 1. The SMILES string of the molecule is CCCCCCCN1CCC(COc2ccnc3ccc(OC)cc23)CC1. The minimum absolute atomic E-state index is 0.648. The molecule has 3 rings (SSSR count). The maximum Gasteiger partial charge on any atom is 0.130 e. The second-order valence-electron chi connectivity index (χ2n) is 7.70. The lowest BCUT2D eigenvalue weighted by Gasteiger charge is -2.31. The van der Waals surface area contributed by atoms with Crippen LogP contribution < -0.4 is 9.47 Å². The van der Waals surface area contributed by atoms with Crippen molar-refractivity contribution in [1.82, 2.24) is 9.88 Å². The van der Waals surface area contributed by atoms with Crippen molar-refractivity contribution in [3.8, 4) is 11.5 Å². The van der Waals surface area contributed by atoms with E-state index in [1.54, 1.807) is 7.11 Å². The summed E-state index contributed by atoms with van der Waals surface area (Å²) < 4.78 is 11.6. The molecule has 0 bridgehead atoms. The van der Waals surface area contributed by atoms with Gasteiger partial charge >= 0.3 is 0 Å². The van der Waals surface area contributed by atoms with E-state index in [-0.39, 0.29) is 0 Å². The summed E-state index contributed by atoms with van der Waals surface area (Å²) in [6.45, 7) is 6.77. The minimum Gasteiger partial charge on any atom is -0.497 e. The van der Waals surface area contributed by atoms with E-state index in [1.807, 2.05) is 30.5 Å². The summed E-state index contributed by atoms with van der Waals surface area (Å²) in [6, 6.07) is 7.91. The van der Waals surface area contributed by atoms with Crippen LogP contribution in [0.1, 0.15) is 51.9 Å². The largest absolute Gasteiger partial charge is 0.497 e. The Hall–Kier alpha value is -1.81. The van der Waals surface area contributed by atoms with E-state index in [0.717, 1.165) is 29.0 Å². The summed E-state index contributed by atoms with van der Waals surface area (Å²) in [4.78, 5) is 7.06. The molecule has 0 unspecified atom stereocenters. The number of rotatable bonds is 10. The van der Waals surface area contributed by atoms with Gasteiger partial charge in [0.1, 0.15) is 11.5 Å². The number of nitrogens with zero attached hydrogens (tertiary/aromatic N) is 2. The molecule has 0 spiro atoms. The van der Waals surface area contributed by atoms with Crippen molar-refractivity contribution in [3.63, 3.8) is 0 Å². The molecule has 1 aromatic heterocycles. The summed E-state index contributed by atoms with van der Waals surface area (Å²) in [5.74, 6) is 2.40. The van der Waals surface area contributed by atoms with Crippen LogP contribution in [-0.2, 0) is 0 Å². The lowest BCUT2D eigenvalue weighted by molar-refractivity contribution is 0.140. The van der Waals surface area contributed by atoms with Crippen LogP contribution in [0.5, 0.6) is 11.5 Å². The molecule has 1 aromatic carbocycles. The van der Waals surface area contributed by atoms with Crippen molar-refractivity contribution in [2.24, 2.45) is 5.92 Å². The fourth-order valence-electron chi connectivity index (χ4n) is 3.88. The molecule has 148 valence electrons. The monoisotopic (exact) mass is 370 g/mol. The number of fused-ring (bicyclic) bond motifs is 1. The number of methoxy groups -OCH3 is 1. The number of ether oxygens (including phenoxy) is 2. The molecule has 0 atom stereocenters. The molecule has 1 fully saturated rings. The molecule has 0 saturated carbocycles. The lowest BCUT2D eigenvalue weighted by Crippen LogP contribution is -2.36. The average Bonchev–Trinajstić information content (AvgIpc) is 2.72. The van der Waals surface area contributed by atoms with E-state index >= 15 is 0 Å². The van der Waals surface area contributed by atoms with Gasteiger partial charge in [-0.2, -0.15) is 0 Å². The Labute approximate surface area is 163 Å². The molecule has 1 aliphatic rings. The molecule has 27 heavy (non-hydrogen) atoms. The summed E-state index contributed by atoms with van der Waals surface area (Å²) in [7, 11) is 1.69. The van der Waals surface area contributed by atoms with Crippen LogP contribution >= 0.6 is 0 Å². The fourth-order valence-corrected chi connectivity index (χ4v) is 3.88. The minimum atomic E-state index is 0.648. The molecular formula is C23H34N2O2. The van der Waals surface area contributed by atoms with Gasteiger partial charge in [0, 0.05) is 11.6 Å². The van der Waals surface area contributed by atoms with Gasteiger partial charge in [-0.3, -0.25) is 4.98 Å². The highest BCUT2D eigenvalue weighted by Crippen LogP contribution is 2.29. The number of hydrogen-bond acceptors (Lipinski definition) is 4. The maximum atomic E-state index is 6.20. The van der Waals surface area contributed by atoms with Gasteiger partial charge < -0.3 is 14.4 Å². The van der Waals surface area contributed by atoms with Gasteiger partial charge in [-0.15, -0.1) is 0 Å². The predicted octanol–water partition coefficient (Wildman–Crippen LogP) is 5.30. The Morgan fingerprint density at radius 1 is 1.07 bits per heavy atom. The number of benzene rings is 1. The van der Waals surface area contributed by atoms with Crippen molar-refractivity contribution in [2.75, 3.05) is 33.4 Å². The number of hydrogen-bond donors (Lipinski definition) is 0. The van der Waals surface area contributed by atoms with Crippen molar-refractivity contribution in [1.29, 1.82) is 0 Å². The van der Waals surface area contributed by atoms with Crippen molar-refractivity contribution >= 4 is 10.9 Å². The molecular weight excluding hydrogens is 336 g/mol. The Balaban J connectivity index is 1.44. The number of aromatic nitrogens is 1. The third-order valence-electron chi connectivity index (χ3n) is 5.67. The Morgan fingerprint density at radius 3 is 2.67 bits per heavy atom. The van der Waals surface area contributed by atoms with E-state index < -0.39 is 0 Å². The highest BCUT2D eigenvalue weighted by atomic mass is 16.5. The summed E-state index contributed by atoms with van der Waals surface area (Å²) in [5.41, 5.74) is 0.950. The van der Waals surface area contributed by atoms with E-state index in [0.29, 0.717) is 5.92 Å². The standard InChI is InChI=1S/C23H34N2O2/c1-3-4-5-6-7-14-25-15-11-19(12-16-25)18-27-23-10-13-24-22-9-8-20(26-2)17-21(22)23/h8-10,13,17,19H,3-7,11-12,14-16,18H2,1-2H3. The van der Waals surface area contributed by atoms with E-state index in [2.05, 4.69) is 16.8 Å². The van der Waals surface area contributed by atoms with Crippen LogP contribution in [0.15, 0.2) is 30.5 Å².